The lowest BCUT2D eigenvalue weighted by Gasteiger charge is -2.13. The minimum absolute atomic E-state index is 0.566. The summed E-state index contributed by atoms with van der Waals surface area (Å²) in [6, 6.07) is 11.3. The number of nitrogens with one attached hydrogen (secondary N) is 2. The predicted molar refractivity (Wildman–Crippen MR) is 96.7 cm³/mol. The highest BCUT2D eigenvalue weighted by Gasteiger charge is 2.17. The smallest absolute Gasteiger partial charge is 0.314 e. The van der Waals surface area contributed by atoms with Gasteiger partial charge in [-0.2, -0.15) is 0 Å². The normalized spacial score (nSPS) is 10.3. The average molecular weight is 375 g/mol. The number of anilines is 2. The summed E-state index contributed by atoms with van der Waals surface area (Å²) in [7, 11) is 0. The van der Waals surface area contributed by atoms with Gasteiger partial charge in [0.05, 0.1) is 5.69 Å². The number of aryl methyl sites for hydroxylation is 3. The Hall–Kier alpha value is -2.14. The van der Waals surface area contributed by atoms with Gasteiger partial charge in [0.15, 0.2) is 0 Å². The van der Waals surface area contributed by atoms with Crippen molar-refractivity contribution in [1.29, 1.82) is 0 Å². The summed E-state index contributed by atoms with van der Waals surface area (Å²) >= 11 is 3.38. The van der Waals surface area contributed by atoms with E-state index < -0.39 is 11.8 Å². The summed E-state index contributed by atoms with van der Waals surface area (Å²) in [5.41, 5.74) is 4.27. The zero-order chi connectivity index (χ0) is 17.0. The number of carbonyl (C=O) groups excluding carboxylic acids is 2. The molecule has 0 aliphatic carbocycles. The van der Waals surface area contributed by atoms with Crippen LogP contribution in [0.3, 0.4) is 0 Å². The van der Waals surface area contributed by atoms with Crippen molar-refractivity contribution >= 4 is 39.1 Å². The summed E-state index contributed by atoms with van der Waals surface area (Å²) in [6.45, 7) is 5.87. The highest BCUT2D eigenvalue weighted by Crippen LogP contribution is 2.24. The number of amides is 2. The van der Waals surface area contributed by atoms with Crippen molar-refractivity contribution in [1.82, 2.24) is 0 Å². The molecule has 0 atom stereocenters. The van der Waals surface area contributed by atoms with E-state index in [9.17, 15) is 9.59 Å². The molecule has 0 saturated carbocycles. The van der Waals surface area contributed by atoms with Crippen molar-refractivity contribution in [2.45, 2.75) is 27.2 Å². The molecule has 2 N–H and O–H groups in total. The van der Waals surface area contributed by atoms with Crippen molar-refractivity contribution in [3.8, 4) is 0 Å². The Labute approximate surface area is 144 Å². The maximum atomic E-state index is 12.2. The van der Waals surface area contributed by atoms with E-state index in [-0.39, 0.29) is 0 Å². The van der Waals surface area contributed by atoms with Gasteiger partial charge in [-0.25, -0.2) is 0 Å². The Morgan fingerprint density at radius 1 is 1.04 bits per heavy atom. The Bertz CT molecular complexity index is 757. The summed E-state index contributed by atoms with van der Waals surface area (Å²) in [4.78, 5) is 24.3. The van der Waals surface area contributed by atoms with Crippen molar-refractivity contribution in [3.63, 3.8) is 0 Å². The topological polar surface area (TPSA) is 58.2 Å². The highest BCUT2D eigenvalue weighted by molar-refractivity contribution is 9.10. The van der Waals surface area contributed by atoms with Gasteiger partial charge in [0.2, 0.25) is 0 Å². The maximum absolute atomic E-state index is 12.2. The fourth-order valence-corrected chi connectivity index (χ4v) is 2.87. The molecule has 0 heterocycles. The molecule has 4 nitrogen and oxygen atoms in total. The lowest BCUT2D eigenvalue weighted by molar-refractivity contribution is -0.133. The number of para-hydroxylation sites is 1. The van der Waals surface area contributed by atoms with Crippen LogP contribution in [0, 0.1) is 13.8 Å². The molecule has 2 amide bonds. The third-order valence-corrected chi connectivity index (χ3v) is 4.21. The number of hydrogen-bond donors (Lipinski definition) is 2. The van der Waals surface area contributed by atoms with Crippen LogP contribution in [0.25, 0.3) is 0 Å². The fraction of sp³-hybridized carbons (Fsp3) is 0.222. The molecule has 0 spiro atoms. The van der Waals surface area contributed by atoms with Crippen LogP contribution in [0.4, 0.5) is 11.4 Å². The molecule has 2 rings (SSSR count). The first-order valence-electron chi connectivity index (χ1n) is 7.39. The maximum Gasteiger partial charge on any atom is 0.314 e. The molecule has 0 saturated heterocycles. The molecule has 5 heteroatoms. The zero-order valence-corrected chi connectivity index (χ0v) is 15.0. The molecule has 2 aromatic rings. The highest BCUT2D eigenvalue weighted by atomic mass is 79.9. The van der Waals surface area contributed by atoms with Gasteiger partial charge in [-0.15, -0.1) is 0 Å². The van der Waals surface area contributed by atoms with E-state index in [4.69, 9.17) is 0 Å². The number of halogens is 1. The van der Waals surface area contributed by atoms with E-state index in [1.165, 1.54) is 0 Å². The van der Waals surface area contributed by atoms with Gasteiger partial charge in [0.1, 0.15) is 0 Å². The molecule has 0 unspecified atom stereocenters. The first-order chi connectivity index (χ1) is 10.9. The fourth-order valence-electron chi connectivity index (χ4n) is 2.27. The van der Waals surface area contributed by atoms with Gasteiger partial charge in [0.25, 0.3) is 0 Å². The summed E-state index contributed by atoms with van der Waals surface area (Å²) in [6.07, 6.45) is 0.780. The molecule has 0 radical (unpaired) electrons. The van der Waals surface area contributed by atoms with Crippen LogP contribution in [0.1, 0.15) is 23.6 Å². The summed E-state index contributed by atoms with van der Waals surface area (Å²) < 4.78 is 0.740. The van der Waals surface area contributed by atoms with E-state index in [1.54, 1.807) is 6.07 Å². The molecule has 2 aromatic carbocycles. The number of hydrogen-bond acceptors (Lipinski definition) is 2. The second-order valence-corrected chi connectivity index (χ2v) is 6.21. The Balaban J connectivity index is 2.13. The molecule has 0 bridgehead atoms. The molecular formula is C18H19BrN2O2. The van der Waals surface area contributed by atoms with Crippen molar-refractivity contribution < 1.29 is 9.59 Å². The minimum atomic E-state index is -0.695. The van der Waals surface area contributed by atoms with Gasteiger partial charge in [-0.1, -0.05) is 31.2 Å². The standard InChI is InChI=1S/C18H19BrN2O2/c1-4-13-7-5-6-12(3)16(13)21-18(23)17(22)20-15-9-8-11(2)10-14(15)19/h5-10H,4H2,1-3H3,(H,20,22)(H,21,23). The lowest BCUT2D eigenvalue weighted by Crippen LogP contribution is -2.29. The molecular weight excluding hydrogens is 356 g/mol. The molecule has 120 valence electrons. The van der Waals surface area contributed by atoms with Gasteiger partial charge < -0.3 is 10.6 Å². The van der Waals surface area contributed by atoms with E-state index in [1.807, 2.05) is 51.1 Å². The third-order valence-electron chi connectivity index (χ3n) is 3.56. The first-order valence-corrected chi connectivity index (χ1v) is 8.18. The Morgan fingerprint density at radius 3 is 2.39 bits per heavy atom. The largest absolute Gasteiger partial charge is 0.317 e. The SMILES string of the molecule is CCc1cccc(C)c1NC(=O)C(=O)Nc1ccc(C)cc1Br. The number of benzene rings is 2. The lowest BCUT2D eigenvalue weighted by atomic mass is 10.1. The molecule has 0 aromatic heterocycles. The van der Waals surface area contributed by atoms with E-state index in [2.05, 4.69) is 26.6 Å². The van der Waals surface area contributed by atoms with Crippen molar-refractivity contribution in [2.24, 2.45) is 0 Å². The van der Waals surface area contributed by atoms with Crippen LogP contribution in [0.15, 0.2) is 40.9 Å². The summed E-state index contributed by atoms with van der Waals surface area (Å²) in [5.74, 6) is -1.37. The van der Waals surface area contributed by atoms with E-state index in [0.29, 0.717) is 11.4 Å². The average Bonchev–Trinajstić information content (AvgIpc) is 2.51. The number of carbonyl (C=O) groups is 2. The molecule has 0 aliphatic heterocycles. The van der Waals surface area contributed by atoms with E-state index >= 15 is 0 Å². The Kier molecular flexibility index (Phi) is 5.55. The second-order valence-electron chi connectivity index (χ2n) is 5.35. The van der Waals surface area contributed by atoms with Crippen molar-refractivity contribution in [2.75, 3.05) is 10.6 Å². The Morgan fingerprint density at radius 2 is 1.74 bits per heavy atom. The van der Waals surface area contributed by atoms with Crippen LogP contribution < -0.4 is 10.6 Å². The van der Waals surface area contributed by atoms with Crippen molar-refractivity contribution in [3.05, 3.63) is 57.6 Å². The summed E-state index contributed by atoms with van der Waals surface area (Å²) in [5, 5.41) is 5.33. The first kappa shape index (κ1) is 17.2. The number of rotatable bonds is 3. The quantitative estimate of drug-likeness (QED) is 0.790. The predicted octanol–water partition coefficient (Wildman–Crippen LogP) is 4.21. The monoisotopic (exact) mass is 374 g/mol. The van der Waals surface area contributed by atoms with E-state index in [0.717, 1.165) is 27.6 Å². The van der Waals surface area contributed by atoms with Crippen LogP contribution in [0.2, 0.25) is 0 Å². The molecule has 23 heavy (non-hydrogen) atoms. The van der Waals surface area contributed by atoms with Gasteiger partial charge in [-0.3, -0.25) is 9.59 Å². The van der Waals surface area contributed by atoms with Crippen LogP contribution in [0.5, 0.6) is 0 Å². The molecule has 0 aliphatic rings. The van der Waals surface area contributed by atoms with Gasteiger partial charge in [0, 0.05) is 10.2 Å². The molecule has 0 fully saturated rings. The van der Waals surface area contributed by atoms with Crippen LogP contribution >= 0.6 is 15.9 Å². The minimum Gasteiger partial charge on any atom is -0.317 e. The zero-order valence-electron chi connectivity index (χ0n) is 13.4. The van der Waals surface area contributed by atoms with Gasteiger partial charge in [-0.05, 0) is 65.0 Å². The van der Waals surface area contributed by atoms with Gasteiger partial charge >= 0.3 is 11.8 Å². The van der Waals surface area contributed by atoms with Crippen LogP contribution in [-0.2, 0) is 16.0 Å². The second kappa shape index (κ2) is 7.42. The third kappa shape index (κ3) is 4.20. The van der Waals surface area contributed by atoms with Crippen LogP contribution in [-0.4, -0.2) is 11.8 Å².